The van der Waals surface area contributed by atoms with Gasteiger partial charge in [-0.1, -0.05) is 0 Å². The molecule has 1 aromatic rings. The number of nitrogens with zero attached hydrogens (tertiary/aromatic N) is 1. The first-order valence-corrected chi connectivity index (χ1v) is 5.17. The van der Waals surface area contributed by atoms with Crippen LogP contribution in [0.5, 0.6) is 0 Å². The van der Waals surface area contributed by atoms with Crippen LogP contribution in [0.4, 0.5) is 0 Å². The average molecular weight is 197 g/mol. The zero-order chi connectivity index (χ0) is 9.26. The second-order valence-electron chi connectivity index (χ2n) is 3.12. The summed E-state index contributed by atoms with van der Waals surface area (Å²) < 4.78 is 5.48. The van der Waals surface area contributed by atoms with Crippen molar-refractivity contribution in [3.05, 3.63) is 15.6 Å². The standard InChI is InChI=1S/C9H11NO2S/c1-6-8(5-11)13-9(10-6)7-3-2-4-12-7/h5,7H,2-4H2,1H3. The summed E-state index contributed by atoms with van der Waals surface area (Å²) in [5.41, 5.74) is 0.825. The molecular formula is C9H11NO2S. The lowest BCUT2D eigenvalue weighted by Crippen LogP contribution is -1.94. The van der Waals surface area contributed by atoms with E-state index in [1.165, 1.54) is 11.3 Å². The summed E-state index contributed by atoms with van der Waals surface area (Å²) in [6.07, 6.45) is 3.13. The van der Waals surface area contributed by atoms with Crippen LogP contribution in [0.25, 0.3) is 0 Å². The van der Waals surface area contributed by atoms with Gasteiger partial charge in [0.2, 0.25) is 0 Å². The fraction of sp³-hybridized carbons (Fsp3) is 0.556. The Morgan fingerprint density at radius 3 is 3.08 bits per heavy atom. The molecule has 1 saturated heterocycles. The summed E-state index contributed by atoms with van der Waals surface area (Å²) in [6.45, 7) is 2.68. The van der Waals surface area contributed by atoms with Gasteiger partial charge >= 0.3 is 0 Å². The molecule has 0 bridgehead atoms. The number of hydrogen-bond donors (Lipinski definition) is 0. The van der Waals surface area contributed by atoms with Crippen LogP contribution in [-0.2, 0) is 4.74 Å². The molecule has 0 radical (unpaired) electrons. The van der Waals surface area contributed by atoms with E-state index in [0.29, 0.717) is 0 Å². The Kier molecular flexibility index (Phi) is 2.42. The maximum absolute atomic E-state index is 10.6. The van der Waals surface area contributed by atoms with Crippen LogP contribution in [0, 0.1) is 6.92 Å². The smallest absolute Gasteiger partial charge is 0.161 e. The van der Waals surface area contributed by atoms with Crippen molar-refractivity contribution < 1.29 is 9.53 Å². The van der Waals surface area contributed by atoms with Gasteiger partial charge in [-0.05, 0) is 19.8 Å². The van der Waals surface area contributed by atoms with Crippen molar-refractivity contribution >= 4 is 17.6 Å². The Morgan fingerprint density at radius 2 is 2.54 bits per heavy atom. The summed E-state index contributed by atoms with van der Waals surface area (Å²) >= 11 is 1.45. The minimum absolute atomic E-state index is 0.136. The van der Waals surface area contributed by atoms with Crippen molar-refractivity contribution in [2.45, 2.75) is 25.9 Å². The summed E-state index contributed by atoms with van der Waals surface area (Å²) in [7, 11) is 0. The maximum Gasteiger partial charge on any atom is 0.161 e. The van der Waals surface area contributed by atoms with Crippen LogP contribution in [0.3, 0.4) is 0 Å². The molecule has 1 fully saturated rings. The summed E-state index contributed by atoms with van der Waals surface area (Å²) in [5.74, 6) is 0. The zero-order valence-corrected chi connectivity index (χ0v) is 8.26. The van der Waals surface area contributed by atoms with E-state index in [1.54, 1.807) is 0 Å². The number of aryl methyl sites for hydroxylation is 1. The summed E-state index contributed by atoms with van der Waals surface area (Å²) in [6, 6.07) is 0. The van der Waals surface area contributed by atoms with Gasteiger partial charge in [0, 0.05) is 6.61 Å². The second-order valence-corrected chi connectivity index (χ2v) is 4.18. The molecule has 0 amide bonds. The minimum atomic E-state index is 0.136. The number of hydrogen-bond acceptors (Lipinski definition) is 4. The molecule has 0 aliphatic carbocycles. The van der Waals surface area contributed by atoms with Crippen molar-refractivity contribution in [3.63, 3.8) is 0 Å². The van der Waals surface area contributed by atoms with Gasteiger partial charge in [-0.3, -0.25) is 4.79 Å². The topological polar surface area (TPSA) is 39.2 Å². The lowest BCUT2D eigenvalue weighted by molar-refractivity contribution is 0.111. The number of carbonyl (C=O) groups is 1. The number of thiazole rings is 1. The molecule has 0 aromatic carbocycles. The van der Waals surface area contributed by atoms with Crippen LogP contribution in [0.2, 0.25) is 0 Å². The fourth-order valence-corrected chi connectivity index (χ4v) is 2.42. The molecule has 13 heavy (non-hydrogen) atoms. The molecule has 1 aliphatic rings. The third kappa shape index (κ3) is 1.64. The van der Waals surface area contributed by atoms with Crippen molar-refractivity contribution in [2.75, 3.05) is 6.61 Å². The molecule has 1 aliphatic heterocycles. The fourth-order valence-electron chi connectivity index (χ4n) is 1.45. The average Bonchev–Trinajstić information content (AvgIpc) is 2.71. The van der Waals surface area contributed by atoms with Crippen LogP contribution < -0.4 is 0 Å². The molecule has 1 unspecified atom stereocenters. The van der Waals surface area contributed by atoms with E-state index in [1.807, 2.05) is 6.92 Å². The predicted octanol–water partition coefficient (Wildman–Crippen LogP) is 2.12. The zero-order valence-electron chi connectivity index (χ0n) is 7.45. The predicted molar refractivity (Wildman–Crippen MR) is 50.2 cm³/mol. The Labute approximate surface area is 80.8 Å². The third-order valence-corrected chi connectivity index (χ3v) is 3.34. The first-order valence-electron chi connectivity index (χ1n) is 4.35. The first-order chi connectivity index (χ1) is 6.31. The second kappa shape index (κ2) is 3.55. The van der Waals surface area contributed by atoms with Crippen LogP contribution in [-0.4, -0.2) is 17.9 Å². The van der Waals surface area contributed by atoms with Gasteiger partial charge in [0.25, 0.3) is 0 Å². The normalized spacial score (nSPS) is 22.1. The highest BCUT2D eigenvalue weighted by Crippen LogP contribution is 2.32. The van der Waals surface area contributed by atoms with Gasteiger partial charge in [-0.15, -0.1) is 11.3 Å². The lowest BCUT2D eigenvalue weighted by Gasteiger charge is -2.02. The van der Waals surface area contributed by atoms with Crippen molar-refractivity contribution in [1.29, 1.82) is 0 Å². The molecule has 0 spiro atoms. The SMILES string of the molecule is Cc1nc(C2CCCO2)sc1C=O. The van der Waals surface area contributed by atoms with Crippen LogP contribution in [0.1, 0.15) is 39.3 Å². The number of aldehydes is 1. The Bertz CT molecular complexity index is 315. The highest BCUT2D eigenvalue weighted by molar-refractivity contribution is 7.13. The number of aromatic nitrogens is 1. The van der Waals surface area contributed by atoms with Crippen molar-refractivity contribution in [1.82, 2.24) is 4.98 Å². The third-order valence-electron chi connectivity index (χ3n) is 2.16. The molecule has 70 valence electrons. The molecule has 4 heteroatoms. The highest BCUT2D eigenvalue weighted by atomic mass is 32.1. The van der Waals surface area contributed by atoms with Crippen LogP contribution in [0.15, 0.2) is 0 Å². The molecule has 3 nitrogen and oxygen atoms in total. The number of carbonyl (C=O) groups excluding carboxylic acids is 1. The molecule has 2 heterocycles. The van der Waals surface area contributed by atoms with Gasteiger partial charge < -0.3 is 4.74 Å². The highest BCUT2D eigenvalue weighted by Gasteiger charge is 2.21. The van der Waals surface area contributed by atoms with E-state index in [4.69, 9.17) is 4.74 Å². The summed E-state index contributed by atoms with van der Waals surface area (Å²) in [5, 5.41) is 0.956. The minimum Gasteiger partial charge on any atom is -0.371 e. The van der Waals surface area contributed by atoms with Crippen molar-refractivity contribution in [3.8, 4) is 0 Å². The molecule has 2 rings (SSSR count). The van der Waals surface area contributed by atoms with E-state index in [9.17, 15) is 4.79 Å². The van der Waals surface area contributed by atoms with Crippen LogP contribution >= 0.6 is 11.3 Å². The Balaban J connectivity index is 2.24. The van der Waals surface area contributed by atoms with Crippen molar-refractivity contribution in [2.24, 2.45) is 0 Å². The quantitative estimate of drug-likeness (QED) is 0.682. The number of ether oxygens (including phenoxy) is 1. The monoisotopic (exact) mass is 197 g/mol. The maximum atomic E-state index is 10.6. The van der Waals surface area contributed by atoms with E-state index in [2.05, 4.69) is 4.98 Å². The van der Waals surface area contributed by atoms with Gasteiger partial charge in [0.15, 0.2) is 6.29 Å². The van der Waals surface area contributed by atoms with E-state index in [-0.39, 0.29) is 6.10 Å². The lowest BCUT2D eigenvalue weighted by atomic mass is 10.2. The molecular weight excluding hydrogens is 186 g/mol. The van der Waals surface area contributed by atoms with Gasteiger partial charge in [-0.2, -0.15) is 0 Å². The van der Waals surface area contributed by atoms with Gasteiger partial charge in [0.1, 0.15) is 11.1 Å². The largest absolute Gasteiger partial charge is 0.371 e. The molecule has 1 aromatic heterocycles. The summed E-state index contributed by atoms with van der Waals surface area (Å²) in [4.78, 5) is 15.6. The van der Waals surface area contributed by atoms with E-state index in [0.717, 1.165) is 41.3 Å². The molecule has 0 N–H and O–H groups in total. The Hall–Kier alpha value is -0.740. The van der Waals surface area contributed by atoms with E-state index < -0.39 is 0 Å². The molecule has 0 saturated carbocycles. The Morgan fingerprint density at radius 1 is 1.69 bits per heavy atom. The van der Waals surface area contributed by atoms with E-state index >= 15 is 0 Å². The first kappa shape index (κ1) is 8.84. The van der Waals surface area contributed by atoms with Gasteiger partial charge in [-0.25, -0.2) is 4.98 Å². The molecule has 1 atom stereocenters. The number of rotatable bonds is 2. The van der Waals surface area contributed by atoms with Gasteiger partial charge in [0.05, 0.1) is 10.6 Å².